The highest BCUT2D eigenvalue weighted by atomic mass is 14.9. The van der Waals surface area contributed by atoms with E-state index < -0.39 is 0 Å². The van der Waals surface area contributed by atoms with E-state index in [0.717, 1.165) is 18.9 Å². The second-order valence-corrected chi connectivity index (χ2v) is 5.97. The molecule has 0 spiro atoms. The fraction of sp³-hybridized carbons (Fsp3) is 0.733. The molecule has 0 atom stereocenters. The van der Waals surface area contributed by atoms with Gasteiger partial charge in [-0.1, -0.05) is 41.5 Å². The summed E-state index contributed by atoms with van der Waals surface area (Å²) in [5.74, 6) is 2.45. The van der Waals surface area contributed by atoms with Gasteiger partial charge in [0.2, 0.25) is 0 Å². The lowest BCUT2D eigenvalue weighted by atomic mass is 10.0. The van der Waals surface area contributed by atoms with Crippen molar-refractivity contribution in [3.05, 3.63) is 23.3 Å². The Hall–Kier alpha value is -0.960. The zero-order chi connectivity index (χ0) is 13.7. The summed E-state index contributed by atoms with van der Waals surface area (Å²) in [6.07, 6.45) is 1.99. The normalized spacial score (nSPS) is 11.8. The molecular formula is C15H27N3. The van der Waals surface area contributed by atoms with Crippen molar-refractivity contribution in [2.45, 2.75) is 59.9 Å². The van der Waals surface area contributed by atoms with Gasteiger partial charge in [-0.3, -0.25) is 0 Å². The SMILES string of the molecule is CC(C)CNCc1cnc(C(C)C)nc1C(C)C. The summed E-state index contributed by atoms with van der Waals surface area (Å²) in [5.41, 5.74) is 2.42. The van der Waals surface area contributed by atoms with Gasteiger partial charge >= 0.3 is 0 Å². The quantitative estimate of drug-likeness (QED) is 0.839. The highest BCUT2D eigenvalue weighted by Crippen LogP contribution is 2.19. The third-order valence-corrected chi connectivity index (χ3v) is 2.85. The van der Waals surface area contributed by atoms with E-state index in [1.165, 1.54) is 11.3 Å². The molecule has 3 heteroatoms. The highest BCUT2D eigenvalue weighted by molar-refractivity contribution is 5.21. The second-order valence-electron chi connectivity index (χ2n) is 5.97. The minimum absolute atomic E-state index is 0.389. The number of rotatable bonds is 6. The molecule has 0 fully saturated rings. The van der Waals surface area contributed by atoms with Crippen LogP contribution < -0.4 is 5.32 Å². The minimum atomic E-state index is 0.389. The molecule has 3 nitrogen and oxygen atoms in total. The lowest BCUT2D eigenvalue weighted by molar-refractivity contribution is 0.546. The van der Waals surface area contributed by atoms with E-state index in [4.69, 9.17) is 4.98 Å². The summed E-state index contributed by atoms with van der Waals surface area (Å²) < 4.78 is 0. The molecular weight excluding hydrogens is 222 g/mol. The summed E-state index contributed by atoms with van der Waals surface area (Å²) in [7, 11) is 0. The first-order chi connectivity index (χ1) is 8.41. The largest absolute Gasteiger partial charge is 0.312 e. The molecule has 0 aliphatic rings. The Morgan fingerprint density at radius 2 is 1.72 bits per heavy atom. The van der Waals surface area contributed by atoms with E-state index in [0.29, 0.717) is 17.8 Å². The van der Waals surface area contributed by atoms with Gasteiger partial charge in [0.15, 0.2) is 0 Å². The van der Waals surface area contributed by atoms with Gasteiger partial charge in [-0.15, -0.1) is 0 Å². The third kappa shape index (κ3) is 4.37. The molecule has 1 rings (SSSR count). The Labute approximate surface area is 111 Å². The molecule has 102 valence electrons. The Balaban J connectivity index is 2.83. The van der Waals surface area contributed by atoms with Crippen molar-refractivity contribution in [2.24, 2.45) is 5.92 Å². The predicted molar refractivity (Wildman–Crippen MR) is 76.8 cm³/mol. The minimum Gasteiger partial charge on any atom is -0.312 e. The van der Waals surface area contributed by atoms with E-state index in [2.05, 4.69) is 51.8 Å². The van der Waals surface area contributed by atoms with Gasteiger partial charge in [0.1, 0.15) is 5.82 Å². The van der Waals surface area contributed by atoms with Crippen molar-refractivity contribution < 1.29 is 0 Å². The lowest BCUT2D eigenvalue weighted by Crippen LogP contribution is -2.21. The summed E-state index contributed by atoms with van der Waals surface area (Å²) in [5, 5.41) is 3.47. The summed E-state index contributed by atoms with van der Waals surface area (Å²) in [6.45, 7) is 15.0. The van der Waals surface area contributed by atoms with Gasteiger partial charge in [-0.2, -0.15) is 0 Å². The molecule has 0 unspecified atom stereocenters. The van der Waals surface area contributed by atoms with Crippen molar-refractivity contribution >= 4 is 0 Å². The molecule has 1 N–H and O–H groups in total. The number of nitrogens with zero attached hydrogens (tertiary/aromatic N) is 2. The fourth-order valence-corrected chi connectivity index (χ4v) is 1.84. The summed E-state index contributed by atoms with van der Waals surface area (Å²) >= 11 is 0. The Morgan fingerprint density at radius 1 is 1.06 bits per heavy atom. The second kappa shape index (κ2) is 6.83. The van der Waals surface area contributed by atoms with Gasteiger partial charge < -0.3 is 5.32 Å². The molecule has 0 bridgehead atoms. The van der Waals surface area contributed by atoms with Crippen molar-refractivity contribution in [2.75, 3.05) is 6.54 Å². The van der Waals surface area contributed by atoms with E-state index in [1.54, 1.807) is 0 Å². The van der Waals surface area contributed by atoms with Crippen LogP contribution in [0.4, 0.5) is 0 Å². The van der Waals surface area contributed by atoms with Crippen molar-refractivity contribution in [1.29, 1.82) is 0 Å². The van der Waals surface area contributed by atoms with Crippen LogP contribution in [0.1, 0.15) is 70.5 Å². The molecule has 18 heavy (non-hydrogen) atoms. The first-order valence-corrected chi connectivity index (χ1v) is 6.98. The number of aromatic nitrogens is 2. The number of hydrogen-bond acceptors (Lipinski definition) is 3. The van der Waals surface area contributed by atoms with Gasteiger partial charge in [0.25, 0.3) is 0 Å². The Bertz CT molecular complexity index is 370. The molecule has 1 aromatic heterocycles. The third-order valence-electron chi connectivity index (χ3n) is 2.85. The summed E-state index contributed by atoms with van der Waals surface area (Å²) in [6, 6.07) is 0. The zero-order valence-electron chi connectivity index (χ0n) is 12.6. The van der Waals surface area contributed by atoms with Crippen LogP contribution in [-0.4, -0.2) is 16.5 Å². The molecule has 1 heterocycles. The van der Waals surface area contributed by atoms with Crippen LogP contribution in [0.2, 0.25) is 0 Å². The molecule has 0 saturated carbocycles. The Kier molecular flexibility index (Phi) is 5.73. The smallest absolute Gasteiger partial charge is 0.131 e. The first kappa shape index (κ1) is 15.1. The standard InChI is InChI=1S/C15H27N3/c1-10(2)7-16-8-13-9-17-15(12(5)6)18-14(13)11(3)4/h9-12,16H,7-8H2,1-6H3. The topological polar surface area (TPSA) is 37.8 Å². The first-order valence-electron chi connectivity index (χ1n) is 6.98. The maximum atomic E-state index is 4.72. The zero-order valence-corrected chi connectivity index (χ0v) is 12.6. The van der Waals surface area contributed by atoms with Crippen LogP contribution in [0.5, 0.6) is 0 Å². The van der Waals surface area contributed by atoms with Crippen molar-refractivity contribution in [3.63, 3.8) is 0 Å². The van der Waals surface area contributed by atoms with Crippen molar-refractivity contribution in [3.8, 4) is 0 Å². The van der Waals surface area contributed by atoms with Crippen LogP contribution in [-0.2, 0) is 6.54 Å². The van der Waals surface area contributed by atoms with Gasteiger partial charge in [0, 0.05) is 24.2 Å². The van der Waals surface area contributed by atoms with E-state index >= 15 is 0 Å². The molecule has 1 aromatic rings. The van der Waals surface area contributed by atoms with E-state index in [9.17, 15) is 0 Å². The molecule has 0 amide bonds. The molecule has 0 aliphatic heterocycles. The monoisotopic (exact) mass is 249 g/mol. The molecule has 0 aliphatic carbocycles. The van der Waals surface area contributed by atoms with E-state index in [-0.39, 0.29) is 0 Å². The predicted octanol–water partition coefficient (Wildman–Crippen LogP) is 3.47. The molecule has 0 saturated heterocycles. The Morgan fingerprint density at radius 3 is 2.22 bits per heavy atom. The van der Waals surface area contributed by atoms with Crippen LogP contribution >= 0.6 is 0 Å². The number of nitrogens with one attached hydrogen (secondary N) is 1. The van der Waals surface area contributed by atoms with Gasteiger partial charge in [-0.05, 0) is 18.4 Å². The average Bonchev–Trinajstić information content (AvgIpc) is 2.28. The van der Waals surface area contributed by atoms with Crippen LogP contribution in [0.3, 0.4) is 0 Å². The van der Waals surface area contributed by atoms with E-state index in [1.807, 2.05) is 6.20 Å². The highest BCUT2D eigenvalue weighted by Gasteiger charge is 2.12. The maximum Gasteiger partial charge on any atom is 0.131 e. The molecule has 0 aromatic carbocycles. The van der Waals surface area contributed by atoms with Gasteiger partial charge in [-0.25, -0.2) is 9.97 Å². The summed E-state index contributed by atoms with van der Waals surface area (Å²) in [4.78, 5) is 9.19. The van der Waals surface area contributed by atoms with Crippen molar-refractivity contribution in [1.82, 2.24) is 15.3 Å². The van der Waals surface area contributed by atoms with Crippen LogP contribution in [0.15, 0.2) is 6.20 Å². The molecule has 0 radical (unpaired) electrons. The van der Waals surface area contributed by atoms with Crippen LogP contribution in [0, 0.1) is 5.92 Å². The van der Waals surface area contributed by atoms with Crippen LogP contribution in [0.25, 0.3) is 0 Å². The fourth-order valence-electron chi connectivity index (χ4n) is 1.84. The average molecular weight is 249 g/mol. The lowest BCUT2D eigenvalue weighted by Gasteiger charge is -2.15. The number of hydrogen-bond donors (Lipinski definition) is 1. The maximum absolute atomic E-state index is 4.72. The van der Waals surface area contributed by atoms with Gasteiger partial charge in [0.05, 0.1) is 5.69 Å².